The maximum absolute atomic E-state index is 11.5. The number of nitrogens with zero attached hydrogens (tertiary/aromatic N) is 5. The number of aromatic nitrogens is 5. The monoisotopic (exact) mass is 238 g/mol. The highest BCUT2D eigenvalue weighted by atomic mass is 35.5. The van der Waals surface area contributed by atoms with Gasteiger partial charge in [-0.1, -0.05) is 0 Å². The van der Waals surface area contributed by atoms with E-state index in [1.54, 1.807) is 6.07 Å². The summed E-state index contributed by atoms with van der Waals surface area (Å²) in [5.74, 6) is 0.0883. The standard InChI is InChI=1S/C8H7ClN6O/c9-8-11-2-1-6(14-8)13-7(16)3-15-5-10-4-12-15/h1-2,4-5H,3H2,(H,11,13,14,16). The van der Waals surface area contributed by atoms with Gasteiger partial charge in [0.1, 0.15) is 25.0 Å². The van der Waals surface area contributed by atoms with Gasteiger partial charge in [-0.3, -0.25) is 4.79 Å². The van der Waals surface area contributed by atoms with Gasteiger partial charge in [0.25, 0.3) is 0 Å². The smallest absolute Gasteiger partial charge is 0.247 e. The fraction of sp³-hybridized carbons (Fsp3) is 0.125. The zero-order valence-electron chi connectivity index (χ0n) is 8.04. The quantitative estimate of drug-likeness (QED) is 0.781. The molecule has 0 aromatic carbocycles. The molecule has 0 fully saturated rings. The topological polar surface area (TPSA) is 85.6 Å². The van der Waals surface area contributed by atoms with Crippen LogP contribution in [0.2, 0.25) is 5.28 Å². The molecule has 0 aliphatic rings. The lowest BCUT2D eigenvalue weighted by Gasteiger charge is -2.03. The second kappa shape index (κ2) is 4.67. The lowest BCUT2D eigenvalue weighted by molar-refractivity contribution is -0.116. The van der Waals surface area contributed by atoms with E-state index in [0.29, 0.717) is 5.82 Å². The van der Waals surface area contributed by atoms with Crippen LogP contribution < -0.4 is 5.32 Å². The Morgan fingerprint density at radius 2 is 2.44 bits per heavy atom. The van der Waals surface area contributed by atoms with E-state index in [0.717, 1.165) is 0 Å². The molecular weight excluding hydrogens is 232 g/mol. The number of nitrogens with one attached hydrogen (secondary N) is 1. The number of carbonyl (C=O) groups is 1. The van der Waals surface area contributed by atoms with Gasteiger partial charge >= 0.3 is 0 Å². The molecule has 2 rings (SSSR count). The molecule has 2 heterocycles. The Morgan fingerprint density at radius 3 is 3.12 bits per heavy atom. The van der Waals surface area contributed by atoms with E-state index >= 15 is 0 Å². The first kappa shape index (κ1) is 10.5. The van der Waals surface area contributed by atoms with Crippen LogP contribution in [0.1, 0.15) is 0 Å². The lowest BCUT2D eigenvalue weighted by Crippen LogP contribution is -2.19. The van der Waals surface area contributed by atoms with E-state index in [4.69, 9.17) is 11.6 Å². The Hall–Kier alpha value is -2.02. The molecule has 0 aliphatic carbocycles. The van der Waals surface area contributed by atoms with E-state index < -0.39 is 0 Å². The highest BCUT2D eigenvalue weighted by molar-refractivity contribution is 6.28. The third-order valence-electron chi connectivity index (χ3n) is 1.67. The van der Waals surface area contributed by atoms with E-state index in [1.807, 2.05) is 0 Å². The van der Waals surface area contributed by atoms with Crippen LogP contribution in [0.15, 0.2) is 24.9 Å². The van der Waals surface area contributed by atoms with Crippen LogP contribution in [0.3, 0.4) is 0 Å². The third kappa shape index (κ3) is 2.74. The minimum atomic E-state index is -0.264. The number of carbonyl (C=O) groups excluding carboxylic acids is 1. The summed E-state index contributed by atoms with van der Waals surface area (Å²) in [6.45, 7) is 0.0711. The molecule has 1 N–H and O–H groups in total. The van der Waals surface area contributed by atoms with E-state index in [9.17, 15) is 4.79 Å². The largest absolute Gasteiger partial charge is 0.309 e. The van der Waals surface area contributed by atoms with Crippen LogP contribution >= 0.6 is 11.6 Å². The van der Waals surface area contributed by atoms with Gasteiger partial charge < -0.3 is 5.32 Å². The van der Waals surface area contributed by atoms with E-state index in [-0.39, 0.29) is 17.7 Å². The Bertz CT molecular complexity index is 485. The normalized spacial score (nSPS) is 10.1. The summed E-state index contributed by atoms with van der Waals surface area (Å²) in [6, 6.07) is 1.55. The van der Waals surface area contributed by atoms with Crippen LogP contribution in [0.25, 0.3) is 0 Å². The first-order valence-electron chi connectivity index (χ1n) is 4.35. The van der Waals surface area contributed by atoms with Crippen LogP contribution in [-0.2, 0) is 11.3 Å². The van der Waals surface area contributed by atoms with Crippen molar-refractivity contribution in [2.75, 3.05) is 5.32 Å². The number of hydrogen-bond donors (Lipinski definition) is 1. The third-order valence-corrected chi connectivity index (χ3v) is 1.85. The zero-order valence-corrected chi connectivity index (χ0v) is 8.79. The Kier molecular flexibility index (Phi) is 3.06. The van der Waals surface area contributed by atoms with Crippen LogP contribution in [-0.4, -0.2) is 30.6 Å². The number of hydrogen-bond acceptors (Lipinski definition) is 5. The average Bonchev–Trinajstić information content (AvgIpc) is 2.70. The molecule has 1 amide bonds. The Morgan fingerprint density at radius 1 is 1.56 bits per heavy atom. The molecule has 16 heavy (non-hydrogen) atoms. The fourth-order valence-electron chi connectivity index (χ4n) is 1.05. The molecule has 0 saturated carbocycles. The van der Waals surface area contributed by atoms with Crippen LogP contribution in [0.4, 0.5) is 5.82 Å². The molecule has 0 aliphatic heterocycles. The van der Waals surface area contributed by atoms with Gasteiger partial charge in [-0.05, 0) is 17.7 Å². The molecule has 2 aromatic rings. The predicted octanol–water partition coefficient (Wildman–Crippen LogP) is 0.360. The minimum absolute atomic E-state index is 0.0711. The van der Waals surface area contributed by atoms with Gasteiger partial charge in [0, 0.05) is 6.20 Å². The molecular formula is C8H7ClN6O. The van der Waals surface area contributed by atoms with Crippen molar-refractivity contribution >= 4 is 23.3 Å². The van der Waals surface area contributed by atoms with Crippen molar-refractivity contribution in [1.82, 2.24) is 24.7 Å². The summed E-state index contributed by atoms with van der Waals surface area (Å²) < 4.78 is 1.40. The summed E-state index contributed by atoms with van der Waals surface area (Å²) in [6.07, 6.45) is 4.27. The average molecular weight is 239 g/mol. The summed E-state index contributed by atoms with van der Waals surface area (Å²) in [7, 11) is 0. The molecule has 0 radical (unpaired) electrons. The van der Waals surface area contributed by atoms with Gasteiger partial charge in [0.05, 0.1) is 0 Å². The van der Waals surface area contributed by atoms with Crippen molar-refractivity contribution in [2.45, 2.75) is 6.54 Å². The molecule has 82 valence electrons. The zero-order chi connectivity index (χ0) is 11.4. The molecule has 8 heteroatoms. The highest BCUT2D eigenvalue weighted by Gasteiger charge is 2.05. The Balaban J connectivity index is 1.97. The van der Waals surface area contributed by atoms with Gasteiger partial charge in [-0.15, -0.1) is 0 Å². The number of anilines is 1. The van der Waals surface area contributed by atoms with Crippen molar-refractivity contribution in [2.24, 2.45) is 0 Å². The summed E-state index contributed by atoms with van der Waals surface area (Å²) >= 11 is 5.57. The maximum atomic E-state index is 11.5. The molecule has 0 atom stereocenters. The predicted molar refractivity (Wildman–Crippen MR) is 55.7 cm³/mol. The van der Waals surface area contributed by atoms with Crippen molar-refractivity contribution in [3.05, 3.63) is 30.2 Å². The number of halogens is 1. The second-order valence-electron chi connectivity index (χ2n) is 2.85. The summed E-state index contributed by atoms with van der Waals surface area (Å²) in [4.78, 5) is 22.7. The number of amides is 1. The van der Waals surface area contributed by atoms with Gasteiger partial charge in [0.15, 0.2) is 0 Å². The molecule has 0 spiro atoms. The maximum Gasteiger partial charge on any atom is 0.247 e. The molecule has 7 nitrogen and oxygen atoms in total. The first-order valence-corrected chi connectivity index (χ1v) is 4.72. The SMILES string of the molecule is O=C(Cn1cncn1)Nc1ccnc(Cl)n1. The first-order chi connectivity index (χ1) is 7.74. The molecule has 0 saturated heterocycles. The molecule has 0 unspecified atom stereocenters. The van der Waals surface area contributed by atoms with Gasteiger partial charge in [0.2, 0.25) is 11.2 Å². The minimum Gasteiger partial charge on any atom is -0.309 e. The van der Waals surface area contributed by atoms with Gasteiger partial charge in [-0.25, -0.2) is 19.6 Å². The second-order valence-corrected chi connectivity index (χ2v) is 3.19. The summed E-state index contributed by atoms with van der Waals surface area (Å²) in [5.41, 5.74) is 0. The Labute approximate surface area is 95.5 Å². The summed E-state index contributed by atoms with van der Waals surface area (Å²) in [5, 5.41) is 6.44. The lowest BCUT2D eigenvalue weighted by atomic mass is 10.5. The highest BCUT2D eigenvalue weighted by Crippen LogP contribution is 2.05. The van der Waals surface area contributed by atoms with Crippen molar-refractivity contribution < 1.29 is 4.79 Å². The van der Waals surface area contributed by atoms with Crippen LogP contribution in [0.5, 0.6) is 0 Å². The van der Waals surface area contributed by atoms with Crippen LogP contribution in [0, 0.1) is 0 Å². The van der Waals surface area contributed by atoms with Crippen molar-refractivity contribution in [3.8, 4) is 0 Å². The van der Waals surface area contributed by atoms with E-state index in [1.165, 1.54) is 23.5 Å². The van der Waals surface area contributed by atoms with Crippen molar-refractivity contribution in [1.29, 1.82) is 0 Å². The van der Waals surface area contributed by atoms with Crippen molar-refractivity contribution in [3.63, 3.8) is 0 Å². The fourth-order valence-corrected chi connectivity index (χ4v) is 1.20. The molecule has 2 aromatic heterocycles. The number of rotatable bonds is 3. The molecule has 0 bridgehead atoms. The van der Waals surface area contributed by atoms with Gasteiger partial charge in [-0.2, -0.15) is 5.10 Å². The van der Waals surface area contributed by atoms with E-state index in [2.05, 4.69) is 25.4 Å².